The van der Waals surface area contributed by atoms with Crippen molar-refractivity contribution < 1.29 is 19.0 Å². The van der Waals surface area contributed by atoms with E-state index in [0.717, 1.165) is 42.7 Å². The second-order valence-corrected chi connectivity index (χ2v) is 6.18. The van der Waals surface area contributed by atoms with Crippen LogP contribution in [0.25, 0.3) is 0 Å². The minimum Gasteiger partial charge on any atom is -0.486 e. The Hall–Kier alpha value is -1.75. The normalized spacial score (nSPS) is 23.4. The third kappa shape index (κ3) is 2.77. The third-order valence-electron chi connectivity index (χ3n) is 4.44. The fraction of sp³-hybridized carbons (Fsp3) is 0.588. The van der Waals surface area contributed by atoms with E-state index in [9.17, 15) is 4.79 Å². The van der Waals surface area contributed by atoms with Crippen LogP contribution < -0.4 is 9.47 Å². The van der Waals surface area contributed by atoms with E-state index in [1.165, 1.54) is 0 Å². The molecule has 0 spiro atoms. The van der Waals surface area contributed by atoms with Gasteiger partial charge in [-0.3, -0.25) is 4.79 Å². The summed E-state index contributed by atoms with van der Waals surface area (Å²) in [5.41, 5.74) is 1.09. The summed E-state index contributed by atoms with van der Waals surface area (Å²) in [6.07, 6.45) is 3.80. The van der Waals surface area contributed by atoms with Crippen LogP contribution >= 0.6 is 0 Å². The van der Waals surface area contributed by atoms with Gasteiger partial charge >= 0.3 is 0 Å². The van der Waals surface area contributed by atoms with Gasteiger partial charge < -0.3 is 19.1 Å². The summed E-state index contributed by atoms with van der Waals surface area (Å²) in [7, 11) is 0. The quantitative estimate of drug-likeness (QED) is 0.855. The summed E-state index contributed by atoms with van der Waals surface area (Å²) in [5.74, 6) is 1.72. The molecule has 1 amide bonds. The molecule has 2 aliphatic heterocycles. The van der Waals surface area contributed by atoms with Gasteiger partial charge in [-0.1, -0.05) is 6.07 Å². The molecule has 4 rings (SSSR count). The number of rotatable bonds is 4. The summed E-state index contributed by atoms with van der Waals surface area (Å²) in [4.78, 5) is 14.7. The number of carbonyl (C=O) groups is 1. The summed E-state index contributed by atoms with van der Waals surface area (Å²) in [6.45, 7) is 2.51. The average Bonchev–Trinajstić information content (AvgIpc) is 3.25. The molecule has 1 aromatic carbocycles. The van der Waals surface area contributed by atoms with E-state index >= 15 is 0 Å². The van der Waals surface area contributed by atoms with E-state index in [1.807, 2.05) is 23.1 Å². The van der Waals surface area contributed by atoms with Crippen molar-refractivity contribution in [1.82, 2.24) is 4.90 Å². The first-order valence-corrected chi connectivity index (χ1v) is 8.12. The molecule has 1 aromatic rings. The molecule has 1 aliphatic carbocycles. The van der Waals surface area contributed by atoms with E-state index in [2.05, 4.69) is 0 Å². The van der Waals surface area contributed by atoms with E-state index in [0.29, 0.717) is 32.4 Å². The molecular formula is C17H21NO4. The van der Waals surface area contributed by atoms with Crippen LogP contribution in [0.1, 0.15) is 31.2 Å². The molecule has 22 heavy (non-hydrogen) atoms. The van der Waals surface area contributed by atoms with Crippen LogP contribution in [0.3, 0.4) is 0 Å². The van der Waals surface area contributed by atoms with Crippen molar-refractivity contribution in [3.8, 4) is 11.5 Å². The Labute approximate surface area is 130 Å². The highest BCUT2D eigenvalue weighted by Crippen LogP contribution is 2.34. The van der Waals surface area contributed by atoms with Crippen LogP contribution in [0.2, 0.25) is 0 Å². The van der Waals surface area contributed by atoms with Crippen molar-refractivity contribution in [1.29, 1.82) is 0 Å². The first kappa shape index (κ1) is 13.9. The van der Waals surface area contributed by atoms with Gasteiger partial charge in [0.15, 0.2) is 11.5 Å². The van der Waals surface area contributed by atoms with Crippen LogP contribution in [0, 0.1) is 0 Å². The lowest BCUT2D eigenvalue weighted by atomic mass is 10.1. The maximum atomic E-state index is 12.7. The van der Waals surface area contributed by atoms with Gasteiger partial charge in [0.1, 0.15) is 19.3 Å². The van der Waals surface area contributed by atoms with Gasteiger partial charge in [-0.05, 0) is 43.4 Å². The predicted molar refractivity (Wildman–Crippen MR) is 80.0 cm³/mol. The smallest absolute Gasteiger partial charge is 0.252 e. The zero-order valence-corrected chi connectivity index (χ0v) is 12.6. The predicted octanol–water partition coefficient (Wildman–Crippen LogP) is 2.13. The van der Waals surface area contributed by atoms with E-state index in [1.54, 1.807) is 0 Å². The molecule has 1 atom stereocenters. The molecule has 0 unspecified atom stereocenters. The van der Waals surface area contributed by atoms with Gasteiger partial charge in [-0.25, -0.2) is 0 Å². The summed E-state index contributed by atoms with van der Waals surface area (Å²) < 4.78 is 16.7. The molecule has 3 aliphatic rings. The lowest BCUT2D eigenvalue weighted by molar-refractivity contribution is -0.142. The minimum absolute atomic E-state index is 0.148. The van der Waals surface area contributed by atoms with Gasteiger partial charge in [-0.2, -0.15) is 0 Å². The topological polar surface area (TPSA) is 48.0 Å². The van der Waals surface area contributed by atoms with E-state index < -0.39 is 0 Å². The van der Waals surface area contributed by atoms with Crippen LogP contribution in [0.15, 0.2) is 18.2 Å². The van der Waals surface area contributed by atoms with Crippen molar-refractivity contribution in [2.75, 3.05) is 19.8 Å². The zero-order chi connectivity index (χ0) is 14.9. The maximum absolute atomic E-state index is 12.7. The van der Waals surface area contributed by atoms with Crippen LogP contribution in [0.5, 0.6) is 11.5 Å². The number of hydrogen-bond donors (Lipinski definition) is 0. The van der Waals surface area contributed by atoms with Crippen molar-refractivity contribution in [3.05, 3.63) is 23.8 Å². The Morgan fingerprint density at radius 3 is 2.64 bits per heavy atom. The summed E-state index contributed by atoms with van der Waals surface area (Å²) in [5, 5.41) is 0. The standard InChI is InChI=1S/C17H21NO4/c19-17(15-2-1-7-20-15)18(13-4-5-13)11-12-3-6-14-16(10-12)22-9-8-21-14/h3,6,10,13,15H,1-2,4-5,7-9,11H2/t15-/m1/s1. The van der Waals surface area contributed by atoms with Gasteiger partial charge in [-0.15, -0.1) is 0 Å². The number of fused-ring (bicyclic) bond motifs is 1. The van der Waals surface area contributed by atoms with Crippen LogP contribution in [-0.2, 0) is 16.1 Å². The molecule has 1 saturated heterocycles. The van der Waals surface area contributed by atoms with Crippen LogP contribution in [0.4, 0.5) is 0 Å². The van der Waals surface area contributed by atoms with Gasteiger partial charge in [0.25, 0.3) is 5.91 Å². The van der Waals surface area contributed by atoms with Crippen molar-refractivity contribution in [3.63, 3.8) is 0 Å². The largest absolute Gasteiger partial charge is 0.486 e. The number of hydrogen-bond acceptors (Lipinski definition) is 4. The van der Waals surface area contributed by atoms with Gasteiger partial charge in [0.2, 0.25) is 0 Å². The van der Waals surface area contributed by atoms with E-state index in [-0.39, 0.29) is 12.0 Å². The van der Waals surface area contributed by atoms with Crippen molar-refractivity contribution in [2.45, 2.75) is 44.4 Å². The van der Waals surface area contributed by atoms with Crippen molar-refractivity contribution in [2.24, 2.45) is 0 Å². The molecule has 5 heteroatoms. The third-order valence-corrected chi connectivity index (χ3v) is 4.44. The molecule has 5 nitrogen and oxygen atoms in total. The Bertz CT molecular complexity index is 564. The lowest BCUT2D eigenvalue weighted by Gasteiger charge is -2.26. The van der Waals surface area contributed by atoms with Gasteiger partial charge in [0.05, 0.1) is 0 Å². The van der Waals surface area contributed by atoms with Gasteiger partial charge in [0, 0.05) is 19.2 Å². The maximum Gasteiger partial charge on any atom is 0.252 e. The van der Waals surface area contributed by atoms with E-state index in [4.69, 9.17) is 14.2 Å². The highest BCUT2D eigenvalue weighted by atomic mass is 16.6. The first-order chi connectivity index (χ1) is 10.8. The fourth-order valence-electron chi connectivity index (χ4n) is 3.11. The average molecular weight is 303 g/mol. The number of carbonyl (C=O) groups excluding carboxylic acids is 1. The molecule has 2 heterocycles. The highest BCUT2D eigenvalue weighted by Gasteiger charge is 2.37. The Kier molecular flexibility index (Phi) is 3.66. The Morgan fingerprint density at radius 2 is 1.91 bits per heavy atom. The zero-order valence-electron chi connectivity index (χ0n) is 12.6. The second-order valence-electron chi connectivity index (χ2n) is 6.18. The minimum atomic E-state index is -0.238. The number of ether oxygens (including phenoxy) is 3. The summed E-state index contributed by atoms with van der Waals surface area (Å²) in [6, 6.07) is 6.33. The molecule has 0 bridgehead atoms. The second kappa shape index (κ2) is 5.80. The highest BCUT2D eigenvalue weighted by molar-refractivity contribution is 5.81. The monoisotopic (exact) mass is 303 g/mol. The molecular weight excluding hydrogens is 282 g/mol. The van der Waals surface area contributed by atoms with Crippen molar-refractivity contribution >= 4 is 5.91 Å². The lowest BCUT2D eigenvalue weighted by Crippen LogP contribution is -2.40. The number of benzene rings is 1. The molecule has 0 radical (unpaired) electrons. The molecule has 0 aromatic heterocycles. The molecule has 118 valence electrons. The fourth-order valence-corrected chi connectivity index (χ4v) is 3.11. The number of amides is 1. The SMILES string of the molecule is O=C([C@H]1CCCO1)N(Cc1ccc2c(c1)OCCO2)C1CC1. The van der Waals surface area contributed by atoms with Crippen LogP contribution in [-0.4, -0.2) is 42.8 Å². The molecule has 0 N–H and O–H groups in total. The first-order valence-electron chi connectivity index (χ1n) is 8.12. The molecule has 2 fully saturated rings. The summed E-state index contributed by atoms with van der Waals surface area (Å²) >= 11 is 0. The Balaban J connectivity index is 1.50. The molecule has 1 saturated carbocycles. The number of nitrogens with zero attached hydrogens (tertiary/aromatic N) is 1. The Morgan fingerprint density at radius 1 is 1.09 bits per heavy atom.